The SMILES string of the molecule is CC(C)NCC(Cc1cscn1)c1cccc(F)c1. The predicted octanol–water partition coefficient (Wildman–Crippen LogP) is 3.61. The van der Waals surface area contributed by atoms with E-state index < -0.39 is 0 Å². The van der Waals surface area contributed by atoms with Crippen molar-refractivity contribution in [2.75, 3.05) is 6.54 Å². The van der Waals surface area contributed by atoms with Gasteiger partial charge in [-0.15, -0.1) is 11.3 Å². The first-order chi connectivity index (χ1) is 9.15. The van der Waals surface area contributed by atoms with E-state index in [9.17, 15) is 4.39 Å². The molecule has 1 N–H and O–H groups in total. The zero-order valence-corrected chi connectivity index (χ0v) is 12.1. The molecular formula is C15H19FN2S. The largest absolute Gasteiger partial charge is 0.314 e. The normalized spacial score (nSPS) is 12.8. The van der Waals surface area contributed by atoms with Gasteiger partial charge in [-0.25, -0.2) is 9.37 Å². The molecular weight excluding hydrogens is 259 g/mol. The molecule has 2 nitrogen and oxygen atoms in total. The molecule has 0 saturated carbocycles. The summed E-state index contributed by atoms with van der Waals surface area (Å²) in [6.07, 6.45) is 0.840. The van der Waals surface area contributed by atoms with E-state index in [1.807, 2.05) is 11.6 Å². The van der Waals surface area contributed by atoms with Crippen molar-refractivity contribution in [1.29, 1.82) is 0 Å². The Morgan fingerprint density at radius 1 is 1.37 bits per heavy atom. The van der Waals surface area contributed by atoms with Gasteiger partial charge < -0.3 is 5.32 Å². The number of hydrogen-bond acceptors (Lipinski definition) is 3. The Bertz CT molecular complexity index is 497. The lowest BCUT2D eigenvalue weighted by molar-refractivity contribution is 0.522. The highest BCUT2D eigenvalue weighted by molar-refractivity contribution is 7.07. The van der Waals surface area contributed by atoms with Gasteiger partial charge in [-0.2, -0.15) is 0 Å². The summed E-state index contributed by atoms with van der Waals surface area (Å²) >= 11 is 1.60. The Morgan fingerprint density at radius 3 is 2.84 bits per heavy atom. The molecule has 0 spiro atoms. The van der Waals surface area contributed by atoms with Crippen LogP contribution in [-0.2, 0) is 6.42 Å². The van der Waals surface area contributed by atoms with Crippen LogP contribution in [0.3, 0.4) is 0 Å². The monoisotopic (exact) mass is 278 g/mol. The van der Waals surface area contributed by atoms with Gasteiger partial charge in [0.1, 0.15) is 5.82 Å². The standard InChI is InChI=1S/C15H19FN2S/c1-11(2)17-8-13(7-15-9-19-10-18-15)12-4-3-5-14(16)6-12/h3-6,9-11,13,17H,7-8H2,1-2H3. The molecule has 4 heteroatoms. The highest BCUT2D eigenvalue weighted by atomic mass is 32.1. The Morgan fingerprint density at radius 2 is 2.21 bits per heavy atom. The number of thiazole rings is 1. The van der Waals surface area contributed by atoms with Gasteiger partial charge in [0, 0.05) is 23.9 Å². The van der Waals surface area contributed by atoms with Crippen LogP contribution in [0.25, 0.3) is 0 Å². The van der Waals surface area contributed by atoms with E-state index in [4.69, 9.17) is 0 Å². The van der Waals surface area contributed by atoms with Crippen molar-refractivity contribution in [2.24, 2.45) is 0 Å². The summed E-state index contributed by atoms with van der Waals surface area (Å²) in [4.78, 5) is 4.33. The molecule has 0 radical (unpaired) electrons. The van der Waals surface area contributed by atoms with E-state index in [-0.39, 0.29) is 11.7 Å². The lowest BCUT2D eigenvalue weighted by Crippen LogP contribution is -2.29. The maximum atomic E-state index is 13.4. The summed E-state index contributed by atoms with van der Waals surface area (Å²) in [7, 11) is 0. The molecule has 0 aliphatic heterocycles. The lowest BCUT2D eigenvalue weighted by atomic mass is 9.94. The van der Waals surface area contributed by atoms with Crippen LogP contribution in [0.4, 0.5) is 4.39 Å². The summed E-state index contributed by atoms with van der Waals surface area (Å²) in [5.74, 6) is 0.0746. The van der Waals surface area contributed by atoms with Crippen molar-refractivity contribution in [2.45, 2.75) is 32.2 Å². The van der Waals surface area contributed by atoms with E-state index in [1.54, 1.807) is 23.5 Å². The molecule has 102 valence electrons. The maximum absolute atomic E-state index is 13.4. The van der Waals surface area contributed by atoms with Gasteiger partial charge in [-0.05, 0) is 24.1 Å². The van der Waals surface area contributed by atoms with Gasteiger partial charge >= 0.3 is 0 Å². The van der Waals surface area contributed by atoms with Crippen molar-refractivity contribution < 1.29 is 4.39 Å². The summed E-state index contributed by atoms with van der Waals surface area (Å²) in [6, 6.07) is 7.29. The molecule has 0 bridgehead atoms. The molecule has 0 fully saturated rings. The summed E-state index contributed by atoms with van der Waals surface area (Å²) in [5, 5.41) is 5.49. The minimum atomic E-state index is -0.176. The number of rotatable bonds is 6. The second-order valence-corrected chi connectivity index (χ2v) is 5.72. The van der Waals surface area contributed by atoms with Crippen LogP contribution in [0.5, 0.6) is 0 Å². The molecule has 19 heavy (non-hydrogen) atoms. The first-order valence-electron chi connectivity index (χ1n) is 6.51. The van der Waals surface area contributed by atoms with Crippen molar-refractivity contribution >= 4 is 11.3 Å². The Kier molecular flexibility index (Phi) is 5.05. The first-order valence-corrected chi connectivity index (χ1v) is 7.45. The molecule has 2 rings (SSSR count). The molecule has 1 aromatic carbocycles. The fraction of sp³-hybridized carbons (Fsp3) is 0.400. The van der Waals surface area contributed by atoms with Gasteiger partial charge in [0.25, 0.3) is 0 Å². The number of hydrogen-bond donors (Lipinski definition) is 1. The second-order valence-electron chi connectivity index (χ2n) is 5.00. The summed E-state index contributed by atoms with van der Waals surface area (Å²) in [6.45, 7) is 5.07. The second kappa shape index (κ2) is 6.78. The van der Waals surface area contributed by atoms with Crippen LogP contribution >= 0.6 is 11.3 Å². The average Bonchev–Trinajstić information content (AvgIpc) is 2.87. The smallest absolute Gasteiger partial charge is 0.123 e. The highest BCUT2D eigenvalue weighted by Gasteiger charge is 2.14. The van der Waals surface area contributed by atoms with E-state index in [0.29, 0.717) is 6.04 Å². The van der Waals surface area contributed by atoms with Crippen molar-refractivity contribution in [1.82, 2.24) is 10.3 Å². The summed E-state index contributed by atoms with van der Waals surface area (Å²) < 4.78 is 13.4. The molecule has 2 aromatic rings. The Labute approximate surface area is 117 Å². The summed E-state index contributed by atoms with van der Waals surface area (Å²) in [5.41, 5.74) is 3.94. The minimum Gasteiger partial charge on any atom is -0.314 e. The van der Waals surface area contributed by atoms with Crippen molar-refractivity contribution in [3.05, 3.63) is 52.2 Å². The molecule has 0 aliphatic carbocycles. The van der Waals surface area contributed by atoms with E-state index >= 15 is 0 Å². The molecule has 1 aromatic heterocycles. The van der Waals surface area contributed by atoms with E-state index in [0.717, 1.165) is 24.2 Å². The number of aromatic nitrogens is 1. The number of nitrogens with zero attached hydrogens (tertiary/aromatic N) is 1. The van der Waals surface area contributed by atoms with Crippen LogP contribution in [-0.4, -0.2) is 17.6 Å². The lowest BCUT2D eigenvalue weighted by Gasteiger charge is -2.19. The quantitative estimate of drug-likeness (QED) is 0.873. The predicted molar refractivity (Wildman–Crippen MR) is 78.1 cm³/mol. The van der Waals surface area contributed by atoms with Crippen LogP contribution in [0.1, 0.15) is 31.0 Å². The van der Waals surface area contributed by atoms with Gasteiger partial charge in [0.2, 0.25) is 0 Å². The topological polar surface area (TPSA) is 24.9 Å². The Hall–Kier alpha value is -1.26. The third-order valence-electron chi connectivity index (χ3n) is 3.03. The highest BCUT2D eigenvalue weighted by Crippen LogP contribution is 2.21. The third kappa shape index (κ3) is 4.40. The van der Waals surface area contributed by atoms with Crippen LogP contribution in [0.2, 0.25) is 0 Å². The van der Waals surface area contributed by atoms with Gasteiger partial charge in [-0.3, -0.25) is 0 Å². The minimum absolute atomic E-state index is 0.176. The van der Waals surface area contributed by atoms with Gasteiger partial charge in [0.05, 0.1) is 11.2 Å². The van der Waals surface area contributed by atoms with Crippen molar-refractivity contribution in [3.8, 4) is 0 Å². The number of halogens is 1. The third-order valence-corrected chi connectivity index (χ3v) is 3.67. The molecule has 0 aliphatic rings. The molecule has 0 saturated heterocycles. The number of nitrogens with one attached hydrogen (secondary N) is 1. The molecule has 0 amide bonds. The van der Waals surface area contributed by atoms with E-state index in [1.165, 1.54) is 6.07 Å². The fourth-order valence-corrected chi connectivity index (χ4v) is 2.61. The van der Waals surface area contributed by atoms with Crippen LogP contribution in [0, 0.1) is 5.82 Å². The van der Waals surface area contributed by atoms with E-state index in [2.05, 4.69) is 29.5 Å². The van der Waals surface area contributed by atoms with Gasteiger partial charge in [-0.1, -0.05) is 26.0 Å². The fourth-order valence-electron chi connectivity index (χ4n) is 2.04. The maximum Gasteiger partial charge on any atom is 0.123 e. The van der Waals surface area contributed by atoms with Crippen LogP contribution < -0.4 is 5.32 Å². The molecule has 1 atom stereocenters. The van der Waals surface area contributed by atoms with Gasteiger partial charge in [0.15, 0.2) is 0 Å². The number of benzene rings is 1. The molecule has 1 unspecified atom stereocenters. The molecule has 1 heterocycles. The zero-order chi connectivity index (χ0) is 13.7. The van der Waals surface area contributed by atoms with Crippen LogP contribution in [0.15, 0.2) is 35.2 Å². The average molecular weight is 278 g/mol. The Balaban J connectivity index is 2.13. The first kappa shape index (κ1) is 14.2. The zero-order valence-electron chi connectivity index (χ0n) is 11.3. The van der Waals surface area contributed by atoms with Crippen molar-refractivity contribution in [3.63, 3.8) is 0 Å².